The minimum atomic E-state index is -5.80. The number of alkyl halides is 6. The molecule has 0 aromatic rings. The number of hydrogen-bond acceptors (Lipinski definition) is 2. The summed E-state index contributed by atoms with van der Waals surface area (Å²) in [7, 11) is 0. The van der Waals surface area contributed by atoms with Crippen molar-refractivity contribution >= 4 is 5.97 Å². The molecule has 0 aliphatic rings. The molecule has 0 N–H and O–H groups in total. The Bertz CT molecular complexity index is 299. The first kappa shape index (κ1) is 14.7. The van der Waals surface area contributed by atoms with E-state index < -0.39 is 36.6 Å². The van der Waals surface area contributed by atoms with E-state index in [1.54, 1.807) is 0 Å². The van der Waals surface area contributed by atoms with E-state index >= 15 is 0 Å². The summed E-state index contributed by atoms with van der Waals surface area (Å²) in [5, 5.41) is 0. The molecule has 0 bridgehead atoms. The first-order valence-corrected chi connectivity index (χ1v) is 3.31. The van der Waals surface area contributed by atoms with Crippen molar-refractivity contribution in [3.8, 4) is 0 Å². The lowest BCUT2D eigenvalue weighted by Gasteiger charge is -2.07. The van der Waals surface area contributed by atoms with Gasteiger partial charge in [0.2, 0.25) is 11.7 Å². The van der Waals surface area contributed by atoms with Gasteiger partial charge in [0.25, 0.3) is 0 Å². The fourth-order valence-corrected chi connectivity index (χ4v) is 0.425. The van der Waals surface area contributed by atoms with Gasteiger partial charge in [-0.15, -0.1) is 0 Å². The number of carbonyl (C=O) groups excluding carboxylic acids is 1. The Kier molecular flexibility index (Phi) is 4.27. The third-order valence-corrected chi connectivity index (χ3v) is 0.988. The molecule has 94 valence electrons. The number of ether oxygens (including phenoxy) is 1. The summed E-state index contributed by atoms with van der Waals surface area (Å²) in [6.45, 7) is -2.32. The second-order valence-electron chi connectivity index (χ2n) is 2.32. The second kappa shape index (κ2) is 4.66. The third-order valence-electron chi connectivity index (χ3n) is 0.988. The lowest BCUT2D eigenvalue weighted by Crippen LogP contribution is -2.22. The van der Waals surface area contributed by atoms with E-state index in [-0.39, 0.29) is 0 Å². The van der Waals surface area contributed by atoms with Gasteiger partial charge in [-0.05, 0) is 0 Å². The molecule has 0 amide bonds. The zero-order valence-electron chi connectivity index (χ0n) is 7.05. The average Bonchev–Trinajstić information content (AvgIpc) is 2.09. The van der Waals surface area contributed by atoms with Crippen molar-refractivity contribution in [3.05, 3.63) is 11.7 Å². The van der Waals surface area contributed by atoms with Crippen LogP contribution in [0.3, 0.4) is 0 Å². The Morgan fingerprint density at radius 3 is 1.75 bits per heavy atom. The lowest BCUT2D eigenvalue weighted by molar-refractivity contribution is -0.185. The summed E-state index contributed by atoms with van der Waals surface area (Å²) in [5.74, 6) is -9.18. The summed E-state index contributed by atoms with van der Waals surface area (Å²) >= 11 is 0. The van der Waals surface area contributed by atoms with E-state index in [0.717, 1.165) is 0 Å². The van der Waals surface area contributed by atoms with E-state index in [9.17, 15) is 39.9 Å². The van der Waals surface area contributed by atoms with Gasteiger partial charge in [-0.25, -0.2) is 4.79 Å². The van der Waals surface area contributed by atoms with Crippen molar-refractivity contribution in [3.63, 3.8) is 0 Å². The van der Waals surface area contributed by atoms with Crippen LogP contribution < -0.4 is 0 Å². The number of hydrogen-bond donors (Lipinski definition) is 0. The van der Waals surface area contributed by atoms with Gasteiger partial charge in [0.15, 0.2) is 6.61 Å². The topological polar surface area (TPSA) is 26.3 Å². The van der Waals surface area contributed by atoms with Gasteiger partial charge >= 0.3 is 18.3 Å². The highest BCUT2D eigenvalue weighted by Gasteiger charge is 2.41. The molecule has 0 saturated heterocycles. The predicted molar refractivity (Wildman–Crippen MR) is 32.3 cm³/mol. The van der Waals surface area contributed by atoms with Crippen LogP contribution in [0.1, 0.15) is 0 Å². The van der Waals surface area contributed by atoms with E-state index in [4.69, 9.17) is 0 Å². The van der Waals surface area contributed by atoms with E-state index in [0.29, 0.717) is 0 Å². The number of rotatable bonds is 2. The molecule has 10 heteroatoms. The Morgan fingerprint density at radius 1 is 1.00 bits per heavy atom. The van der Waals surface area contributed by atoms with Crippen molar-refractivity contribution in [2.24, 2.45) is 0 Å². The van der Waals surface area contributed by atoms with Crippen LogP contribution in [0.25, 0.3) is 0 Å². The molecule has 0 aliphatic carbocycles. The van der Waals surface area contributed by atoms with Crippen molar-refractivity contribution in [1.82, 2.24) is 0 Å². The van der Waals surface area contributed by atoms with Gasteiger partial charge in [0.1, 0.15) is 0 Å². The standard InChI is InChI=1S/C6H2F8O2/c7-2(3(8)6(12,13)14)4(15)16-1-5(9,10)11/h1H2/b3-2+. The van der Waals surface area contributed by atoms with Crippen LogP contribution in [-0.4, -0.2) is 24.9 Å². The molecule has 0 aromatic carbocycles. The van der Waals surface area contributed by atoms with Crippen LogP contribution in [0.15, 0.2) is 11.7 Å². The van der Waals surface area contributed by atoms with Crippen molar-refractivity contribution in [1.29, 1.82) is 0 Å². The van der Waals surface area contributed by atoms with Gasteiger partial charge in [0.05, 0.1) is 0 Å². The van der Waals surface area contributed by atoms with Crippen LogP contribution in [0, 0.1) is 0 Å². The van der Waals surface area contributed by atoms with Crippen LogP contribution in [0.2, 0.25) is 0 Å². The molecule has 2 nitrogen and oxygen atoms in total. The van der Waals surface area contributed by atoms with Crippen LogP contribution in [-0.2, 0) is 9.53 Å². The van der Waals surface area contributed by atoms with Gasteiger partial charge in [-0.2, -0.15) is 35.1 Å². The predicted octanol–water partition coefficient (Wildman–Crippen LogP) is 2.80. The maximum Gasteiger partial charge on any atom is 0.446 e. The monoisotopic (exact) mass is 258 g/mol. The number of carbonyl (C=O) groups is 1. The van der Waals surface area contributed by atoms with Crippen molar-refractivity contribution in [2.45, 2.75) is 12.4 Å². The fourth-order valence-electron chi connectivity index (χ4n) is 0.425. The zero-order valence-corrected chi connectivity index (χ0v) is 7.05. The van der Waals surface area contributed by atoms with E-state index in [1.807, 2.05) is 0 Å². The number of halogens is 8. The second-order valence-corrected chi connectivity index (χ2v) is 2.32. The molecular formula is C6H2F8O2. The van der Waals surface area contributed by atoms with Crippen LogP contribution >= 0.6 is 0 Å². The first-order valence-electron chi connectivity index (χ1n) is 3.31. The Balaban J connectivity index is 4.64. The molecule has 0 atom stereocenters. The average molecular weight is 258 g/mol. The largest absolute Gasteiger partial charge is 0.451 e. The van der Waals surface area contributed by atoms with Gasteiger partial charge in [0, 0.05) is 0 Å². The third kappa shape index (κ3) is 4.94. The maximum atomic E-state index is 12.2. The van der Waals surface area contributed by atoms with E-state index in [2.05, 4.69) is 4.74 Å². The maximum absolute atomic E-state index is 12.2. The lowest BCUT2D eigenvalue weighted by atomic mass is 10.4. The fraction of sp³-hybridized carbons (Fsp3) is 0.500. The molecule has 0 heterocycles. The van der Waals surface area contributed by atoms with Crippen LogP contribution in [0.5, 0.6) is 0 Å². The van der Waals surface area contributed by atoms with E-state index in [1.165, 1.54) is 0 Å². The zero-order chi connectivity index (χ0) is 13.1. The molecule has 0 aromatic heterocycles. The van der Waals surface area contributed by atoms with Crippen molar-refractivity contribution in [2.75, 3.05) is 6.61 Å². The Morgan fingerprint density at radius 2 is 1.44 bits per heavy atom. The van der Waals surface area contributed by atoms with Gasteiger partial charge in [-0.1, -0.05) is 0 Å². The molecule has 0 fully saturated rings. The summed E-state index contributed by atoms with van der Waals surface area (Å²) in [4.78, 5) is 10.2. The summed E-state index contributed by atoms with van der Waals surface area (Å²) < 4.78 is 95.7. The highest BCUT2D eigenvalue weighted by molar-refractivity contribution is 5.86. The van der Waals surface area contributed by atoms with Crippen molar-refractivity contribution < 1.29 is 44.7 Å². The number of allylic oxidation sites excluding steroid dienone is 1. The normalized spacial score (nSPS) is 14.5. The SMILES string of the molecule is O=C(OCC(F)(F)F)/C(F)=C(\F)C(F)(F)F. The summed E-state index contributed by atoms with van der Waals surface area (Å²) in [6, 6.07) is 0. The Hall–Kier alpha value is -1.35. The van der Waals surface area contributed by atoms with Gasteiger partial charge in [-0.3, -0.25) is 0 Å². The summed E-state index contributed by atoms with van der Waals surface area (Å²) in [5.41, 5.74) is 0. The minimum absolute atomic E-state index is 2.32. The minimum Gasteiger partial charge on any atom is -0.451 e. The highest BCUT2D eigenvalue weighted by Crippen LogP contribution is 2.30. The first-order chi connectivity index (χ1) is 6.95. The molecule has 0 aliphatic heterocycles. The Labute approximate surface area is 82.5 Å². The van der Waals surface area contributed by atoms with Crippen LogP contribution in [0.4, 0.5) is 35.1 Å². The highest BCUT2D eigenvalue weighted by atomic mass is 19.4. The molecule has 0 rings (SSSR count). The van der Waals surface area contributed by atoms with Gasteiger partial charge < -0.3 is 4.74 Å². The smallest absolute Gasteiger partial charge is 0.446 e. The quantitative estimate of drug-likeness (QED) is 0.432. The molecule has 0 spiro atoms. The number of esters is 1. The molecule has 0 saturated carbocycles. The molecule has 0 unspecified atom stereocenters. The molecule has 0 radical (unpaired) electrons. The summed E-state index contributed by atoms with van der Waals surface area (Å²) in [6.07, 6.45) is -10.9. The molecular weight excluding hydrogens is 256 g/mol. The molecule has 16 heavy (non-hydrogen) atoms.